The average Bonchev–Trinajstić information content (AvgIpc) is 2.46. The first kappa shape index (κ1) is 14.4. The topological polar surface area (TPSA) is 55.8 Å². The van der Waals surface area contributed by atoms with E-state index in [1.807, 2.05) is 24.3 Å². The second kappa shape index (κ2) is 6.41. The Morgan fingerprint density at radius 3 is 2.90 bits per heavy atom. The minimum absolute atomic E-state index is 0.0216. The molecule has 1 aromatic carbocycles. The molecule has 5 nitrogen and oxygen atoms in total. The lowest BCUT2D eigenvalue weighted by molar-refractivity contribution is -0.148. The predicted octanol–water partition coefficient (Wildman–Crippen LogP) is 1.57. The fourth-order valence-electron chi connectivity index (χ4n) is 2.34. The fraction of sp³-hybridized carbons (Fsp3) is 0.467. The van der Waals surface area contributed by atoms with E-state index in [2.05, 4.69) is 0 Å². The highest BCUT2D eigenvalue weighted by Crippen LogP contribution is 2.34. The Kier molecular flexibility index (Phi) is 4.61. The van der Waals surface area contributed by atoms with Gasteiger partial charge in [0.1, 0.15) is 12.3 Å². The van der Waals surface area contributed by atoms with Crippen molar-refractivity contribution >= 4 is 11.9 Å². The number of nitrogens with zero attached hydrogens (tertiary/aromatic N) is 1. The van der Waals surface area contributed by atoms with Gasteiger partial charge in [-0.15, -0.1) is 0 Å². The average molecular weight is 277 g/mol. The number of ether oxygens (including phenoxy) is 2. The second-order valence-electron chi connectivity index (χ2n) is 4.73. The molecule has 0 aliphatic carbocycles. The zero-order valence-electron chi connectivity index (χ0n) is 11.8. The van der Waals surface area contributed by atoms with Crippen LogP contribution < -0.4 is 4.74 Å². The normalized spacial score (nSPS) is 16.8. The number of rotatable bonds is 4. The van der Waals surface area contributed by atoms with Gasteiger partial charge in [-0.1, -0.05) is 18.2 Å². The molecule has 1 amide bonds. The predicted molar refractivity (Wildman–Crippen MR) is 73.6 cm³/mol. The van der Waals surface area contributed by atoms with Gasteiger partial charge in [-0.05, 0) is 19.4 Å². The molecular formula is C15H19NO4. The summed E-state index contributed by atoms with van der Waals surface area (Å²) in [6.45, 7) is 2.56. The number of hydrogen-bond donors (Lipinski definition) is 0. The minimum Gasteiger partial charge on any atom is -0.493 e. The third-order valence-electron chi connectivity index (χ3n) is 3.30. The Bertz CT molecular complexity index is 500. The molecule has 0 bridgehead atoms. The van der Waals surface area contributed by atoms with E-state index < -0.39 is 0 Å². The van der Waals surface area contributed by atoms with Gasteiger partial charge in [0.15, 0.2) is 0 Å². The molecule has 0 spiro atoms. The Hall–Kier alpha value is -2.04. The summed E-state index contributed by atoms with van der Waals surface area (Å²) in [5.41, 5.74) is 0.888. The van der Waals surface area contributed by atoms with Crippen molar-refractivity contribution in [1.29, 1.82) is 0 Å². The van der Waals surface area contributed by atoms with Crippen LogP contribution in [-0.4, -0.2) is 43.6 Å². The van der Waals surface area contributed by atoms with Gasteiger partial charge in [0.2, 0.25) is 5.91 Å². The first-order valence-corrected chi connectivity index (χ1v) is 6.75. The van der Waals surface area contributed by atoms with E-state index in [1.54, 1.807) is 14.0 Å². The Balaban J connectivity index is 2.08. The van der Waals surface area contributed by atoms with Gasteiger partial charge in [0, 0.05) is 12.6 Å². The third-order valence-corrected chi connectivity index (χ3v) is 3.30. The molecule has 20 heavy (non-hydrogen) atoms. The van der Waals surface area contributed by atoms with Crippen molar-refractivity contribution in [3.63, 3.8) is 0 Å². The molecule has 1 aliphatic heterocycles. The van der Waals surface area contributed by atoms with Crippen LogP contribution in [0.3, 0.4) is 0 Å². The van der Waals surface area contributed by atoms with Gasteiger partial charge in [0.05, 0.1) is 19.1 Å². The lowest BCUT2D eigenvalue weighted by Crippen LogP contribution is -2.38. The largest absolute Gasteiger partial charge is 0.493 e. The van der Waals surface area contributed by atoms with Crippen LogP contribution in [-0.2, 0) is 14.3 Å². The summed E-state index contributed by atoms with van der Waals surface area (Å²) >= 11 is 0. The van der Waals surface area contributed by atoms with E-state index in [4.69, 9.17) is 9.47 Å². The van der Waals surface area contributed by atoms with Crippen molar-refractivity contribution in [3.8, 4) is 5.75 Å². The van der Waals surface area contributed by atoms with Crippen molar-refractivity contribution < 1.29 is 19.1 Å². The number of likely N-dealkylation sites (N-methyl/N-ethyl adjacent to an activating group) is 1. The lowest BCUT2D eigenvalue weighted by Gasteiger charge is -2.28. The molecule has 2 rings (SSSR count). The molecule has 0 N–H and O–H groups in total. The number of para-hydroxylation sites is 1. The molecule has 0 aromatic heterocycles. The lowest BCUT2D eigenvalue weighted by atomic mass is 9.92. The molecule has 1 unspecified atom stereocenters. The van der Waals surface area contributed by atoms with E-state index >= 15 is 0 Å². The smallest absolute Gasteiger partial charge is 0.325 e. The molecule has 1 atom stereocenters. The van der Waals surface area contributed by atoms with Crippen LogP contribution in [0.25, 0.3) is 0 Å². The molecule has 1 heterocycles. The zero-order valence-corrected chi connectivity index (χ0v) is 11.8. The zero-order chi connectivity index (χ0) is 14.5. The number of carbonyl (C=O) groups is 2. The monoisotopic (exact) mass is 277 g/mol. The van der Waals surface area contributed by atoms with Crippen molar-refractivity contribution in [3.05, 3.63) is 29.8 Å². The summed E-state index contributed by atoms with van der Waals surface area (Å²) in [6.07, 6.45) is 0.628. The van der Waals surface area contributed by atoms with E-state index in [0.29, 0.717) is 19.6 Å². The van der Waals surface area contributed by atoms with E-state index in [9.17, 15) is 9.59 Å². The summed E-state index contributed by atoms with van der Waals surface area (Å²) in [7, 11) is 1.62. The van der Waals surface area contributed by atoms with Gasteiger partial charge in [0.25, 0.3) is 0 Å². The molecule has 108 valence electrons. The molecule has 0 saturated carbocycles. The maximum atomic E-state index is 12.5. The van der Waals surface area contributed by atoms with Crippen LogP contribution in [0, 0.1) is 0 Å². The van der Waals surface area contributed by atoms with Gasteiger partial charge in [-0.3, -0.25) is 9.59 Å². The van der Waals surface area contributed by atoms with E-state index in [0.717, 1.165) is 11.3 Å². The fourth-order valence-corrected chi connectivity index (χ4v) is 2.34. The first-order chi connectivity index (χ1) is 9.63. The summed E-state index contributed by atoms with van der Waals surface area (Å²) in [5.74, 6) is 0.0403. The maximum absolute atomic E-state index is 12.5. The van der Waals surface area contributed by atoms with Crippen molar-refractivity contribution in [1.82, 2.24) is 4.90 Å². The highest BCUT2D eigenvalue weighted by molar-refractivity contribution is 5.87. The number of fused-ring (bicyclic) bond motifs is 1. The Morgan fingerprint density at radius 2 is 2.15 bits per heavy atom. The van der Waals surface area contributed by atoms with E-state index in [-0.39, 0.29) is 24.3 Å². The summed E-state index contributed by atoms with van der Waals surface area (Å²) in [4.78, 5) is 25.3. The number of hydrogen-bond acceptors (Lipinski definition) is 4. The summed E-state index contributed by atoms with van der Waals surface area (Å²) in [5, 5.41) is 0. The third kappa shape index (κ3) is 3.10. The van der Waals surface area contributed by atoms with Gasteiger partial charge < -0.3 is 14.4 Å². The standard InChI is InChI=1S/C15H19NO4/c1-3-19-14(17)10-16(2)15(18)12-8-9-20-13-7-5-4-6-11(12)13/h4-7,12H,3,8-10H2,1-2H3. The number of amides is 1. The SMILES string of the molecule is CCOC(=O)CN(C)C(=O)C1CCOc2ccccc21. The highest BCUT2D eigenvalue weighted by atomic mass is 16.5. The van der Waals surface area contributed by atoms with Gasteiger partial charge in [-0.2, -0.15) is 0 Å². The van der Waals surface area contributed by atoms with Gasteiger partial charge in [-0.25, -0.2) is 0 Å². The van der Waals surface area contributed by atoms with Crippen LogP contribution in [0.1, 0.15) is 24.8 Å². The quantitative estimate of drug-likeness (QED) is 0.784. The van der Waals surface area contributed by atoms with Crippen molar-refractivity contribution in [2.24, 2.45) is 0 Å². The Morgan fingerprint density at radius 1 is 1.40 bits per heavy atom. The number of carbonyl (C=O) groups excluding carboxylic acids is 2. The summed E-state index contributed by atoms with van der Waals surface area (Å²) < 4.78 is 10.4. The van der Waals surface area contributed by atoms with Gasteiger partial charge >= 0.3 is 5.97 Å². The molecule has 0 saturated heterocycles. The molecule has 1 aliphatic rings. The molecule has 5 heteroatoms. The van der Waals surface area contributed by atoms with Crippen LogP contribution >= 0.6 is 0 Å². The highest BCUT2D eigenvalue weighted by Gasteiger charge is 2.30. The van der Waals surface area contributed by atoms with Crippen LogP contribution in [0.5, 0.6) is 5.75 Å². The van der Waals surface area contributed by atoms with Crippen molar-refractivity contribution in [2.45, 2.75) is 19.3 Å². The number of benzene rings is 1. The molecular weight excluding hydrogens is 258 g/mol. The molecule has 1 aromatic rings. The van der Waals surface area contributed by atoms with Crippen LogP contribution in [0.4, 0.5) is 0 Å². The number of esters is 1. The van der Waals surface area contributed by atoms with E-state index in [1.165, 1.54) is 4.90 Å². The van der Waals surface area contributed by atoms with Crippen molar-refractivity contribution in [2.75, 3.05) is 26.8 Å². The minimum atomic E-state index is -0.385. The van der Waals surface area contributed by atoms with Crippen LogP contribution in [0.2, 0.25) is 0 Å². The summed E-state index contributed by atoms with van der Waals surface area (Å²) in [6, 6.07) is 7.53. The second-order valence-corrected chi connectivity index (χ2v) is 4.73. The van der Waals surface area contributed by atoms with Crippen LogP contribution in [0.15, 0.2) is 24.3 Å². The maximum Gasteiger partial charge on any atom is 0.325 e. The molecule has 0 fully saturated rings. The molecule has 0 radical (unpaired) electrons. The first-order valence-electron chi connectivity index (χ1n) is 6.75. The Labute approximate surface area is 118 Å².